The Morgan fingerprint density at radius 3 is 2.06 bits per heavy atom. The van der Waals surface area contributed by atoms with Gasteiger partial charge in [-0.25, -0.2) is 0 Å². The van der Waals surface area contributed by atoms with Crippen LogP contribution < -0.4 is 4.74 Å². The molecule has 3 aromatic carbocycles. The summed E-state index contributed by atoms with van der Waals surface area (Å²) in [5.41, 5.74) is 1.20. The Morgan fingerprint density at radius 1 is 0.829 bits per heavy atom. The standard InChI is InChI=1S/C27H28BrN3O4/c28-20-7-9-22(10-8-20)35-18-21(32)17-30-13-11-29(12-14-30)15-16-31-26(33)23-5-1-3-19-4-2-6-24(25(19)23)27(31)34/h1-10,21,32H,11-18H2/t21-/m0/s1. The molecule has 2 amide bonds. The Kier molecular flexibility index (Phi) is 7.15. The molecule has 1 fully saturated rings. The fourth-order valence-corrected chi connectivity index (χ4v) is 5.06. The molecule has 182 valence electrons. The fraction of sp³-hybridized carbons (Fsp3) is 0.333. The zero-order chi connectivity index (χ0) is 24.4. The first-order chi connectivity index (χ1) is 17.0. The van der Waals surface area contributed by atoms with Gasteiger partial charge in [0.2, 0.25) is 0 Å². The van der Waals surface area contributed by atoms with E-state index in [0.717, 1.165) is 47.2 Å². The minimum absolute atomic E-state index is 0.216. The second-order valence-electron chi connectivity index (χ2n) is 9.03. The van der Waals surface area contributed by atoms with Crippen molar-refractivity contribution in [3.05, 3.63) is 76.3 Å². The van der Waals surface area contributed by atoms with Gasteiger partial charge in [-0.2, -0.15) is 0 Å². The largest absolute Gasteiger partial charge is 0.491 e. The molecule has 0 aliphatic carbocycles. The van der Waals surface area contributed by atoms with Gasteiger partial charge in [0.05, 0.1) is 0 Å². The first-order valence-corrected chi connectivity index (χ1v) is 12.7. The number of benzene rings is 3. The predicted molar refractivity (Wildman–Crippen MR) is 138 cm³/mol. The molecular formula is C27H28BrN3O4. The van der Waals surface area contributed by atoms with Crippen molar-refractivity contribution in [2.75, 3.05) is 52.4 Å². The Hall–Kier alpha value is -2.78. The molecule has 8 heteroatoms. The van der Waals surface area contributed by atoms with Gasteiger partial charge < -0.3 is 9.84 Å². The molecule has 0 radical (unpaired) electrons. The molecule has 2 aliphatic heterocycles. The molecule has 0 saturated carbocycles. The van der Waals surface area contributed by atoms with E-state index in [2.05, 4.69) is 25.7 Å². The minimum atomic E-state index is -0.573. The van der Waals surface area contributed by atoms with Gasteiger partial charge in [-0.15, -0.1) is 0 Å². The van der Waals surface area contributed by atoms with Crippen molar-refractivity contribution in [2.45, 2.75) is 6.10 Å². The molecule has 35 heavy (non-hydrogen) atoms. The van der Waals surface area contributed by atoms with Crippen LogP contribution in [0.3, 0.4) is 0 Å². The predicted octanol–water partition coefficient (Wildman–Crippen LogP) is 3.26. The van der Waals surface area contributed by atoms with Crippen LogP contribution in [0.4, 0.5) is 0 Å². The number of aliphatic hydroxyl groups excluding tert-OH is 1. The summed E-state index contributed by atoms with van der Waals surface area (Å²) >= 11 is 3.40. The van der Waals surface area contributed by atoms with Crippen molar-refractivity contribution in [3.63, 3.8) is 0 Å². The number of β-amino-alcohol motifs (C(OH)–C–C–N with tert-alkyl or cyclic N) is 1. The topological polar surface area (TPSA) is 73.3 Å². The third-order valence-electron chi connectivity index (χ3n) is 6.69. The lowest BCUT2D eigenvalue weighted by atomic mass is 9.94. The number of hydrogen-bond donors (Lipinski definition) is 1. The van der Waals surface area contributed by atoms with Gasteiger partial charge in [0.1, 0.15) is 18.5 Å². The molecule has 2 aliphatic rings. The Morgan fingerprint density at radius 2 is 1.43 bits per heavy atom. The van der Waals surface area contributed by atoms with Gasteiger partial charge in [0.25, 0.3) is 11.8 Å². The van der Waals surface area contributed by atoms with Crippen LogP contribution in [0.25, 0.3) is 10.8 Å². The van der Waals surface area contributed by atoms with E-state index in [1.807, 2.05) is 48.5 Å². The zero-order valence-electron chi connectivity index (χ0n) is 19.4. The first-order valence-electron chi connectivity index (χ1n) is 11.9. The lowest BCUT2D eigenvalue weighted by Gasteiger charge is -2.36. The van der Waals surface area contributed by atoms with Crippen LogP contribution >= 0.6 is 15.9 Å². The second-order valence-corrected chi connectivity index (χ2v) is 9.95. The molecule has 0 unspecified atom stereocenters. The number of nitrogens with zero attached hydrogens (tertiary/aromatic N) is 3. The van der Waals surface area contributed by atoms with Gasteiger partial charge in [-0.05, 0) is 41.8 Å². The second kappa shape index (κ2) is 10.5. The lowest BCUT2D eigenvalue weighted by Crippen LogP contribution is -2.51. The third-order valence-corrected chi connectivity index (χ3v) is 7.21. The van der Waals surface area contributed by atoms with E-state index in [-0.39, 0.29) is 18.4 Å². The summed E-state index contributed by atoms with van der Waals surface area (Å²) in [4.78, 5) is 32.0. The molecule has 0 bridgehead atoms. The highest BCUT2D eigenvalue weighted by Gasteiger charge is 2.33. The first kappa shape index (κ1) is 23.9. The zero-order valence-corrected chi connectivity index (χ0v) is 21.0. The fourth-order valence-electron chi connectivity index (χ4n) is 4.79. The molecule has 1 N–H and O–H groups in total. The van der Waals surface area contributed by atoms with E-state index in [9.17, 15) is 14.7 Å². The number of rotatable bonds is 8. The van der Waals surface area contributed by atoms with Crippen molar-refractivity contribution < 1.29 is 19.4 Å². The number of carbonyl (C=O) groups excluding carboxylic acids is 2. The smallest absolute Gasteiger partial charge is 0.261 e. The number of piperazine rings is 1. The van der Waals surface area contributed by atoms with Crippen molar-refractivity contribution >= 4 is 38.5 Å². The van der Waals surface area contributed by atoms with E-state index in [1.165, 1.54) is 4.90 Å². The van der Waals surface area contributed by atoms with Gasteiger partial charge in [-0.1, -0.05) is 40.2 Å². The van der Waals surface area contributed by atoms with Gasteiger partial charge in [-0.3, -0.25) is 24.3 Å². The van der Waals surface area contributed by atoms with Crippen LogP contribution in [0.15, 0.2) is 65.1 Å². The monoisotopic (exact) mass is 537 g/mol. The Labute approximate surface area is 213 Å². The highest BCUT2D eigenvalue weighted by molar-refractivity contribution is 9.10. The van der Waals surface area contributed by atoms with Gasteiger partial charge in [0, 0.05) is 66.8 Å². The van der Waals surface area contributed by atoms with Crippen LogP contribution in [0.5, 0.6) is 5.75 Å². The summed E-state index contributed by atoms with van der Waals surface area (Å²) in [6.45, 7) is 5.08. The van der Waals surface area contributed by atoms with E-state index in [4.69, 9.17) is 4.74 Å². The van der Waals surface area contributed by atoms with Crippen molar-refractivity contribution in [3.8, 4) is 5.75 Å². The number of amides is 2. The third kappa shape index (κ3) is 5.26. The van der Waals surface area contributed by atoms with Crippen molar-refractivity contribution in [2.24, 2.45) is 0 Å². The molecule has 1 atom stereocenters. The SMILES string of the molecule is O=C1c2cccc3cccc(c23)C(=O)N1CCN1CCN(C[C@H](O)COc2ccc(Br)cc2)CC1. The maximum atomic E-state index is 13.1. The summed E-state index contributed by atoms with van der Waals surface area (Å²) < 4.78 is 6.67. The van der Waals surface area contributed by atoms with Gasteiger partial charge >= 0.3 is 0 Å². The maximum Gasteiger partial charge on any atom is 0.261 e. The van der Waals surface area contributed by atoms with Gasteiger partial charge in [0.15, 0.2) is 0 Å². The summed E-state index contributed by atoms with van der Waals surface area (Å²) in [7, 11) is 0. The summed E-state index contributed by atoms with van der Waals surface area (Å²) in [5, 5.41) is 12.1. The van der Waals surface area contributed by atoms with E-state index in [1.54, 1.807) is 12.1 Å². The molecular weight excluding hydrogens is 510 g/mol. The molecule has 2 heterocycles. The molecule has 0 spiro atoms. The number of carbonyl (C=O) groups is 2. The molecule has 5 rings (SSSR count). The highest BCUT2D eigenvalue weighted by Crippen LogP contribution is 2.29. The normalized spacial score (nSPS) is 17.7. The molecule has 3 aromatic rings. The average Bonchev–Trinajstić information content (AvgIpc) is 2.88. The van der Waals surface area contributed by atoms with E-state index >= 15 is 0 Å². The lowest BCUT2D eigenvalue weighted by molar-refractivity contribution is 0.0416. The van der Waals surface area contributed by atoms with E-state index in [0.29, 0.717) is 30.8 Å². The summed E-state index contributed by atoms with van der Waals surface area (Å²) in [6.07, 6.45) is -0.573. The minimum Gasteiger partial charge on any atom is -0.491 e. The molecule has 7 nitrogen and oxygen atoms in total. The number of aliphatic hydroxyl groups is 1. The number of ether oxygens (including phenoxy) is 1. The van der Waals surface area contributed by atoms with Crippen molar-refractivity contribution in [1.82, 2.24) is 14.7 Å². The summed E-state index contributed by atoms with van der Waals surface area (Å²) in [6, 6.07) is 18.8. The van der Waals surface area contributed by atoms with Crippen LogP contribution in [0.1, 0.15) is 20.7 Å². The number of hydrogen-bond acceptors (Lipinski definition) is 6. The maximum absolute atomic E-state index is 13.1. The van der Waals surface area contributed by atoms with Crippen molar-refractivity contribution in [1.29, 1.82) is 0 Å². The number of halogens is 1. The van der Waals surface area contributed by atoms with Crippen LogP contribution in [-0.2, 0) is 0 Å². The molecule has 0 aromatic heterocycles. The van der Waals surface area contributed by atoms with Crippen LogP contribution in [-0.4, -0.2) is 90.1 Å². The van der Waals surface area contributed by atoms with E-state index < -0.39 is 6.10 Å². The quantitative estimate of drug-likeness (QED) is 0.444. The highest BCUT2D eigenvalue weighted by atomic mass is 79.9. The van der Waals surface area contributed by atoms with Crippen LogP contribution in [0.2, 0.25) is 0 Å². The summed E-state index contributed by atoms with van der Waals surface area (Å²) in [5.74, 6) is 0.302. The molecule has 1 saturated heterocycles. The average molecular weight is 538 g/mol. The Bertz CT molecular complexity index is 1170. The van der Waals surface area contributed by atoms with Crippen LogP contribution in [0, 0.1) is 0 Å². The Balaban J connectivity index is 1.09. The number of imide groups is 1.